The highest BCUT2D eigenvalue weighted by Gasteiger charge is 2.14. The fourth-order valence-electron chi connectivity index (χ4n) is 2.56. The van der Waals surface area contributed by atoms with E-state index < -0.39 is 4.92 Å². The molecule has 1 amide bonds. The maximum Gasteiger partial charge on any atom is 0.272 e. The Morgan fingerprint density at radius 1 is 1.30 bits per heavy atom. The number of nitrogens with zero attached hydrogens (tertiary/aromatic N) is 2. The van der Waals surface area contributed by atoms with Gasteiger partial charge in [-0.05, 0) is 24.6 Å². The number of hydrogen-bond donors (Lipinski definition) is 1. The molecule has 1 aromatic heterocycles. The van der Waals surface area contributed by atoms with Crippen LogP contribution in [0.3, 0.4) is 0 Å². The van der Waals surface area contributed by atoms with E-state index in [-0.39, 0.29) is 18.0 Å². The highest BCUT2D eigenvalue weighted by Crippen LogP contribution is 2.29. The third-order valence-corrected chi connectivity index (χ3v) is 4.71. The predicted octanol–water partition coefficient (Wildman–Crippen LogP) is 4.22. The molecule has 0 aliphatic heterocycles. The van der Waals surface area contributed by atoms with Gasteiger partial charge in [-0.25, -0.2) is 4.98 Å². The molecule has 0 atom stereocenters. The van der Waals surface area contributed by atoms with Crippen molar-refractivity contribution in [3.8, 4) is 17.0 Å². The number of anilines is 1. The molecule has 1 N–H and O–H groups in total. The third kappa shape index (κ3) is 4.48. The number of rotatable bonds is 6. The number of nitro benzene ring substituents is 1. The highest BCUT2D eigenvalue weighted by molar-refractivity contribution is 7.14. The molecule has 3 aromatic rings. The molecule has 0 bridgehead atoms. The lowest BCUT2D eigenvalue weighted by Gasteiger charge is -2.04. The number of amides is 1. The van der Waals surface area contributed by atoms with Crippen LogP contribution < -0.4 is 10.1 Å². The van der Waals surface area contributed by atoms with Crippen molar-refractivity contribution >= 4 is 28.1 Å². The molecule has 0 saturated heterocycles. The largest absolute Gasteiger partial charge is 0.497 e. The Balaban J connectivity index is 1.71. The van der Waals surface area contributed by atoms with E-state index in [2.05, 4.69) is 10.3 Å². The molecular weight excluding hydrogens is 366 g/mol. The van der Waals surface area contributed by atoms with E-state index in [1.54, 1.807) is 37.6 Å². The van der Waals surface area contributed by atoms with Gasteiger partial charge in [0.1, 0.15) is 5.75 Å². The van der Waals surface area contributed by atoms with Crippen LogP contribution in [-0.2, 0) is 11.2 Å². The van der Waals surface area contributed by atoms with Crippen LogP contribution in [0.4, 0.5) is 10.8 Å². The number of carbonyl (C=O) groups excluding carboxylic acids is 1. The zero-order valence-corrected chi connectivity index (χ0v) is 15.6. The van der Waals surface area contributed by atoms with Gasteiger partial charge in [-0.2, -0.15) is 0 Å². The maximum atomic E-state index is 12.2. The van der Waals surface area contributed by atoms with Gasteiger partial charge in [0, 0.05) is 22.6 Å². The molecule has 0 radical (unpaired) electrons. The third-order valence-electron chi connectivity index (χ3n) is 3.95. The minimum Gasteiger partial charge on any atom is -0.497 e. The highest BCUT2D eigenvalue weighted by atomic mass is 32.1. The van der Waals surface area contributed by atoms with Crippen molar-refractivity contribution in [1.29, 1.82) is 0 Å². The molecule has 0 saturated carbocycles. The monoisotopic (exact) mass is 383 g/mol. The molecule has 0 aliphatic carbocycles. The minimum absolute atomic E-state index is 0.0455. The number of aromatic nitrogens is 1. The summed E-state index contributed by atoms with van der Waals surface area (Å²) in [5, 5.41) is 16.1. The Labute approximate surface area is 159 Å². The molecule has 1 heterocycles. The van der Waals surface area contributed by atoms with Crippen LogP contribution >= 0.6 is 11.3 Å². The van der Waals surface area contributed by atoms with Crippen molar-refractivity contribution in [3.63, 3.8) is 0 Å². The summed E-state index contributed by atoms with van der Waals surface area (Å²) in [5.74, 6) is 0.497. The van der Waals surface area contributed by atoms with Crippen molar-refractivity contribution < 1.29 is 14.5 Å². The van der Waals surface area contributed by atoms with E-state index in [1.165, 1.54) is 17.4 Å². The van der Waals surface area contributed by atoms with Gasteiger partial charge in [-0.3, -0.25) is 14.9 Å². The van der Waals surface area contributed by atoms with Gasteiger partial charge < -0.3 is 10.1 Å². The number of thiazole rings is 1. The zero-order chi connectivity index (χ0) is 19.4. The minimum atomic E-state index is -0.415. The number of benzene rings is 2. The van der Waals surface area contributed by atoms with Gasteiger partial charge in [0.2, 0.25) is 5.91 Å². The second-order valence-corrected chi connectivity index (χ2v) is 6.73. The predicted molar refractivity (Wildman–Crippen MR) is 104 cm³/mol. The van der Waals surface area contributed by atoms with Gasteiger partial charge in [0.15, 0.2) is 5.13 Å². The summed E-state index contributed by atoms with van der Waals surface area (Å²) in [6, 6.07) is 12.3. The van der Waals surface area contributed by atoms with Gasteiger partial charge in [0.05, 0.1) is 24.1 Å². The van der Waals surface area contributed by atoms with E-state index in [0.29, 0.717) is 27.7 Å². The first-order valence-electron chi connectivity index (χ1n) is 8.10. The molecule has 27 heavy (non-hydrogen) atoms. The molecule has 138 valence electrons. The van der Waals surface area contributed by atoms with Gasteiger partial charge >= 0.3 is 0 Å². The summed E-state index contributed by atoms with van der Waals surface area (Å²) in [6.45, 7) is 1.69. The number of ether oxygens (including phenoxy) is 1. The Morgan fingerprint density at radius 3 is 2.85 bits per heavy atom. The fraction of sp³-hybridized carbons (Fsp3) is 0.158. The quantitative estimate of drug-likeness (QED) is 0.508. The summed E-state index contributed by atoms with van der Waals surface area (Å²) < 4.78 is 5.15. The number of hydrogen-bond acceptors (Lipinski definition) is 6. The first kappa shape index (κ1) is 18.5. The van der Waals surface area contributed by atoms with E-state index in [9.17, 15) is 14.9 Å². The summed E-state index contributed by atoms with van der Waals surface area (Å²) in [4.78, 5) is 27.3. The molecule has 8 heteroatoms. The van der Waals surface area contributed by atoms with Gasteiger partial charge in [0.25, 0.3) is 5.69 Å². The second kappa shape index (κ2) is 7.96. The molecule has 0 unspecified atom stereocenters. The van der Waals surface area contributed by atoms with E-state index in [1.807, 2.05) is 18.2 Å². The number of methoxy groups -OCH3 is 1. The number of aryl methyl sites for hydroxylation is 1. The van der Waals surface area contributed by atoms with Gasteiger partial charge in [-0.15, -0.1) is 11.3 Å². The van der Waals surface area contributed by atoms with Crippen molar-refractivity contribution in [1.82, 2.24) is 4.98 Å². The van der Waals surface area contributed by atoms with Crippen LogP contribution in [0.5, 0.6) is 5.75 Å². The van der Waals surface area contributed by atoms with Crippen molar-refractivity contribution in [2.75, 3.05) is 12.4 Å². The summed E-state index contributed by atoms with van der Waals surface area (Å²) >= 11 is 1.27. The van der Waals surface area contributed by atoms with Crippen LogP contribution in [0.25, 0.3) is 11.3 Å². The normalized spacial score (nSPS) is 10.4. The Hall–Kier alpha value is -3.26. The smallest absolute Gasteiger partial charge is 0.272 e. The average Bonchev–Trinajstić information content (AvgIpc) is 3.10. The standard InChI is InChI=1S/C19H17N3O4S/c1-12-6-7-14(10-17(12)22(24)25)16-11-27-19(20-16)21-18(23)9-13-4-3-5-15(8-13)26-2/h3-8,10-11H,9H2,1-2H3,(H,20,21,23). The lowest BCUT2D eigenvalue weighted by molar-refractivity contribution is -0.385. The summed E-state index contributed by atoms with van der Waals surface area (Å²) in [6.07, 6.45) is 0.197. The number of carbonyl (C=O) groups is 1. The first-order chi connectivity index (χ1) is 13.0. The average molecular weight is 383 g/mol. The Morgan fingerprint density at radius 2 is 2.11 bits per heavy atom. The number of nitrogens with one attached hydrogen (secondary N) is 1. The molecular formula is C19H17N3O4S. The lowest BCUT2D eigenvalue weighted by atomic mass is 10.1. The zero-order valence-electron chi connectivity index (χ0n) is 14.8. The second-order valence-electron chi connectivity index (χ2n) is 5.87. The lowest BCUT2D eigenvalue weighted by Crippen LogP contribution is -2.14. The fourth-order valence-corrected chi connectivity index (χ4v) is 3.30. The van der Waals surface area contributed by atoms with E-state index in [4.69, 9.17) is 4.74 Å². The van der Waals surface area contributed by atoms with Crippen LogP contribution in [-0.4, -0.2) is 22.9 Å². The molecule has 3 rings (SSSR count). The van der Waals surface area contributed by atoms with Crippen molar-refractivity contribution in [2.24, 2.45) is 0 Å². The molecule has 0 aliphatic rings. The van der Waals surface area contributed by atoms with Crippen LogP contribution in [0, 0.1) is 17.0 Å². The Bertz CT molecular complexity index is 1000. The van der Waals surface area contributed by atoms with Crippen molar-refractivity contribution in [2.45, 2.75) is 13.3 Å². The molecule has 7 nitrogen and oxygen atoms in total. The van der Waals surface area contributed by atoms with E-state index in [0.717, 1.165) is 5.56 Å². The summed E-state index contributed by atoms with van der Waals surface area (Å²) in [5.41, 5.74) is 2.68. The van der Waals surface area contributed by atoms with E-state index >= 15 is 0 Å². The topological polar surface area (TPSA) is 94.4 Å². The van der Waals surface area contributed by atoms with Crippen LogP contribution in [0.1, 0.15) is 11.1 Å². The SMILES string of the molecule is COc1cccc(CC(=O)Nc2nc(-c3ccc(C)c([N+](=O)[O-])c3)cs2)c1. The summed E-state index contributed by atoms with van der Waals surface area (Å²) in [7, 11) is 1.58. The number of nitro groups is 1. The molecule has 2 aromatic carbocycles. The van der Waals surface area contributed by atoms with Crippen LogP contribution in [0.2, 0.25) is 0 Å². The molecule has 0 spiro atoms. The maximum absolute atomic E-state index is 12.2. The molecule has 0 fully saturated rings. The Kier molecular flexibility index (Phi) is 5.46. The van der Waals surface area contributed by atoms with Crippen LogP contribution in [0.15, 0.2) is 47.8 Å². The van der Waals surface area contributed by atoms with Gasteiger partial charge in [-0.1, -0.05) is 24.3 Å². The first-order valence-corrected chi connectivity index (χ1v) is 8.98. The van der Waals surface area contributed by atoms with Crippen molar-refractivity contribution in [3.05, 3.63) is 69.1 Å².